The highest BCUT2D eigenvalue weighted by molar-refractivity contribution is 6.34. The quantitative estimate of drug-likeness (QED) is 0.0296. The summed E-state index contributed by atoms with van der Waals surface area (Å²) < 4.78 is 9.51. The molecule has 0 aromatic heterocycles. The van der Waals surface area contributed by atoms with Crippen molar-refractivity contribution in [3.05, 3.63) is 255 Å². The van der Waals surface area contributed by atoms with Gasteiger partial charge in [0.2, 0.25) is 0 Å². The number of rotatable bonds is 12. The van der Waals surface area contributed by atoms with Crippen molar-refractivity contribution in [3.63, 3.8) is 0 Å². The van der Waals surface area contributed by atoms with Gasteiger partial charge in [-0.25, -0.2) is 19.2 Å². The van der Waals surface area contributed by atoms with Crippen LogP contribution in [-0.2, 0) is 9.47 Å². The van der Waals surface area contributed by atoms with Gasteiger partial charge < -0.3 is 29.9 Å². The van der Waals surface area contributed by atoms with E-state index in [2.05, 4.69) is 4.90 Å². The number of nitrogens with two attached hydrogens (primary N) is 1. The van der Waals surface area contributed by atoms with E-state index in [1.165, 1.54) is 40.1 Å². The molecular weight excluding hydrogens is 1340 g/mol. The summed E-state index contributed by atoms with van der Waals surface area (Å²) in [4.78, 5) is 152. The van der Waals surface area contributed by atoms with Crippen molar-refractivity contribution in [1.29, 1.82) is 0 Å². The second-order valence-corrected chi connectivity index (χ2v) is 25.2. The van der Waals surface area contributed by atoms with Gasteiger partial charge >= 0.3 is 23.9 Å². The minimum atomic E-state index is -0.853. The lowest BCUT2D eigenvalue weighted by molar-refractivity contribution is -0.383. The fourth-order valence-electron chi connectivity index (χ4n) is 13.4. The van der Waals surface area contributed by atoms with Crippen LogP contribution in [0.2, 0.25) is 0 Å². The molecule has 0 bridgehead atoms. The van der Waals surface area contributed by atoms with Crippen molar-refractivity contribution < 1.29 is 67.5 Å². The number of amides is 4. The van der Waals surface area contributed by atoms with Crippen molar-refractivity contribution in [2.75, 3.05) is 81.6 Å². The average molecular weight is 1400 g/mol. The monoisotopic (exact) mass is 1400 g/mol. The third-order valence-corrected chi connectivity index (χ3v) is 18.0. The van der Waals surface area contributed by atoms with Crippen LogP contribution in [0.15, 0.2) is 170 Å². The van der Waals surface area contributed by atoms with Crippen LogP contribution < -0.4 is 5.73 Å². The molecule has 0 aliphatic carbocycles. The van der Waals surface area contributed by atoms with Gasteiger partial charge in [-0.1, -0.05) is 97.1 Å². The lowest BCUT2D eigenvalue weighted by Crippen LogP contribution is -2.43. The van der Waals surface area contributed by atoms with Crippen LogP contribution in [0.1, 0.15) is 82.9 Å². The van der Waals surface area contributed by atoms with Gasteiger partial charge in [0.25, 0.3) is 46.4 Å². The fourth-order valence-corrected chi connectivity index (χ4v) is 13.4. The fraction of sp³-hybridized carbons (Fsp3) is 0.158. The molecule has 12 aromatic carbocycles. The second kappa shape index (κ2) is 28.4. The molecule has 0 saturated heterocycles. The number of likely N-dealkylation sites (N-methyl/N-ethyl adjacent to an activating group) is 3. The molecule has 2 N–H and O–H groups in total. The van der Waals surface area contributed by atoms with Gasteiger partial charge in [-0.2, -0.15) is 0 Å². The second-order valence-electron chi connectivity index (χ2n) is 25.2. The zero-order valence-electron chi connectivity index (χ0n) is 56.4. The number of esters is 4. The summed E-state index contributed by atoms with van der Waals surface area (Å²) in [6.45, 7) is 3.26. The van der Waals surface area contributed by atoms with E-state index in [0.29, 0.717) is 105 Å². The van der Waals surface area contributed by atoms with Gasteiger partial charge in [0.15, 0.2) is 0 Å². The number of fused-ring (bicyclic) bond motifs is 8. The Bertz CT molecular complexity index is 5820. The first-order chi connectivity index (χ1) is 49.7. The highest BCUT2D eigenvalue weighted by Gasteiger charge is 2.39. The van der Waals surface area contributed by atoms with E-state index in [-0.39, 0.29) is 80.7 Å². The minimum absolute atomic E-state index is 0.0550. The molecule has 16 rings (SSSR count). The number of imide groups is 2. The van der Waals surface area contributed by atoms with Crippen LogP contribution in [0.4, 0.5) is 22.7 Å². The van der Waals surface area contributed by atoms with E-state index < -0.39 is 55.4 Å². The number of nitrogens with zero attached hydrogens (tertiary/aromatic N) is 9. The highest BCUT2D eigenvalue weighted by Crippen LogP contribution is 2.44. The smallest absolute Gasteiger partial charge is 0.347 e. The van der Waals surface area contributed by atoms with E-state index in [0.717, 1.165) is 18.5 Å². The number of ether oxygens (including phenoxy) is 2. The number of hydrogen-bond donors (Lipinski definition) is 1. The SMILES string of the molecule is CN(C)CCN.CN(C)CCN1C(=O)c2cccc3cc4c([N+](=O)[O-])cccc4c(c23)C1=O.CN(C)CCN1C(=O)c2cccc3cc4cccc([N+](=O)[O-])c4c(c23)C1=O.O=C1OC(=O)c2c3c1cccc3cc1cccc([N+](=O)[O-])c21.O=C1OC(=O)c2c3cccc([N+](=O)[O-])c3cc3cccc1c23. The van der Waals surface area contributed by atoms with Crippen LogP contribution in [0.25, 0.3) is 86.2 Å². The lowest BCUT2D eigenvalue weighted by atomic mass is 9.89. The molecule has 4 amide bonds. The molecule has 0 radical (unpaired) electrons. The molecule has 0 atom stereocenters. The first-order valence-corrected chi connectivity index (χ1v) is 32.1. The number of carbonyl (C=O) groups is 8. The largest absolute Gasteiger partial charge is 0.386 e. The Morgan fingerprint density at radius 1 is 0.327 bits per heavy atom. The van der Waals surface area contributed by atoms with E-state index in [4.69, 9.17) is 15.2 Å². The number of nitro benzene ring substituents is 4. The molecule has 0 unspecified atom stereocenters. The molecule has 12 aromatic rings. The van der Waals surface area contributed by atoms with Crippen molar-refractivity contribution in [2.45, 2.75) is 0 Å². The van der Waals surface area contributed by atoms with E-state index in [9.17, 15) is 78.8 Å². The topological polar surface area (TPSA) is 370 Å². The van der Waals surface area contributed by atoms with Gasteiger partial charge in [0, 0.05) is 107 Å². The van der Waals surface area contributed by atoms with Gasteiger partial charge in [0.1, 0.15) is 0 Å². The van der Waals surface area contributed by atoms with Crippen molar-refractivity contribution in [1.82, 2.24) is 24.5 Å². The number of hydrogen-bond acceptors (Lipinski definition) is 22. The molecule has 28 nitrogen and oxygen atoms in total. The zero-order chi connectivity index (χ0) is 74.4. The van der Waals surface area contributed by atoms with Crippen molar-refractivity contribution >= 4 is 156 Å². The Kier molecular flexibility index (Phi) is 19.3. The molecule has 4 aliphatic rings. The van der Waals surface area contributed by atoms with Gasteiger partial charge in [-0.3, -0.25) is 69.4 Å². The summed E-state index contributed by atoms with van der Waals surface area (Å²) in [6.07, 6.45) is 0. The first kappa shape index (κ1) is 70.6. The summed E-state index contributed by atoms with van der Waals surface area (Å²) in [5.41, 5.74) is 7.00. The summed E-state index contributed by atoms with van der Waals surface area (Å²) >= 11 is 0. The molecule has 522 valence electrons. The van der Waals surface area contributed by atoms with E-state index in [1.54, 1.807) is 133 Å². The van der Waals surface area contributed by atoms with Crippen LogP contribution in [0.5, 0.6) is 0 Å². The molecule has 4 heterocycles. The number of non-ortho nitro benzene ring substituents is 4. The molecule has 4 aliphatic heterocycles. The Morgan fingerprint density at radius 2 is 0.635 bits per heavy atom. The first-order valence-electron chi connectivity index (χ1n) is 32.1. The third-order valence-electron chi connectivity index (χ3n) is 18.0. The molecular formula is C76H60N10O18. The summed E-state index contributed by atoms with van der Waals surface area (Å²) in [5, 5.41) is 53.4. The molecule has 0 fully saturated rings. The summed E-state index contributed by atoms with van der Waals surface area (Å²) in [6, 6.07) is 45.7. The van der Waals surface area contributed by atoms with Gasteiger partial charge in [0.05, 0.1) is 74.6 Å². The maximum Gasteiger partial charge on any atom is 0.347 e. The third kappa shape index (κ3) is 12.7. The lowest BCUT2D eigenvalue weighted by Gasteiger charge is -2.29. The molecule has 28 heteroatoms. The predicted molar refractivity (Wildman–Crippen MR) is 387 cm³/mol. The van der Waals surface area contributed by atoms with E-state index in [1.807, 2.05) is 58.2 Å². The number of carbonyl (C=O) groups excluding carboxylic acids is 8. The summed E-state index contributed by atoms with van der Waals surface area (Å²) in [5.74, 6) is -4.65. The van der Waals surface area contributed by atoms with Crippen LogP contribution in [-0.4, -0.2) is 173 Å². The molecule has 104 heavy (non-hydrogen) atoms. The van der Waals surface area contributed by atoms with Crippen LogP contribution >= 0.6 is 0 Å². The van der Waals surface area contributed by atoms with Gasteiger partial charge in [-0.05, 0) is 123 Å². The number of benzene rings is 12. The van der Waals surface area contributed by atoms with Crippen molar-refractivity contribution in [3.8, 4) is 0 Å². The van der Waals surface area contributed by atoms with Gasteiger partial charge in [-0.15, -0.1) is 0 Å². The summed E-state index contributed by atoms with van der Waals surface area (Å²) in [7, 11) is 11.5. The standard InChI is InChI=1S/2C20H17N3O4.2C16H7NO5.C4H12N2/c1-21(2)9-10-22-19(24)14-7-3-5-12-11-15-13(18(17(12)14)20(22)25)6-4-8-16(15)23(26)27;1-21(2)9-10-22-19(24)14-7-3-5-12-11-13-6-4-8-15(23(26)27)17(13)18(16(12)14)20(22)25;18-15-10-5-1-3-8-7-11-9(4-2-6-12(11)17(20)21)14(13(8)10)16(19)22-15;18-15-10-5-1-3-8-7-9-4-2-6-11(17(20)21)13(9)14(12(8)10)16(19)22-15;1-6(2)4-3-5/h2*3-8,11H,9-10H2,1-2H3;2*1-7H;3-5H2,1-2H3. The average Bonchev–Trinajstić information content (AvgIpc) is 0.744. The Hall–Kier alpha value is -13.3. The Balaban J connectivity index is 0.000000127. The van der Waals surface area contributed by atoms with Crippen molar-refractivity contribution in [2.24, 2.45) is 5.73 Å². The maximum absolute atomic E-state index is 13.3. The molecule has 0 spiro atoms. The maximum atomic E-state index is 13.3. The number of nitro groups is 4. The predicted octanol–water partition coefficient (Wildman–Crippen LogP) is 12.0. The Morgan fingerprint density at radius 3 is 1.03 bits per heavy atom. The van der Waals surface area contributed by atoms with E-state index >= 15 is 0 Å². The minimum Gasteiger partial charge on any atom is -0.386 e. The molecule has 0 saturated carbocycles. The zero-order valence-corrected chi connectivity index (χ0v) is 56.4. The number of cyclic esters (lactones) is 4. The highest BCUT2D eigenvalue weighted by atomic mass is 16.6. The normalized spacial score (nSPS) is 13.4. The Labute approximate surface area is 588 Å². The van der Waals surface area contributed by atoms with Crippen LogP contribution in [0.3, 0.4) is 0 Å². The van der Waals surface area contributed by atoms with Crippen LogP contribution in [0, 0.1) is 40.5 Å².